The highest BCUT2D eigenvalue weighted by Crippen LogP contribution is 2.19. The molecule has 94 valence electrons. The van der Waals surface area contributed by atoms with Crippen LogP contribution in [-0.4, -0.2) is 38.6 Å². The van der Waals surface area contributed by atoms with E-state index < -0.39 is 12.0 Å². The number of aliphatic carboxylic acids is 1. The van der Waals surface area contributed by atoms with Crippen LogP contribution in [0.15, 0.2) is 11.1 Å². The van der Waals surface area contributed by atoms with Crippen LogP contribution in [-0.2, 0) is 16.6 Å². The Morgan fingerprint density at radius 2 is 2.29 bits per heavy atom. The molecule has 0 radical (unpaired) electrons. The normalized spacial score (nSPS) is 12.2. The number of nitrogens with one attached hydrogen (secondary N) is 1. The van der Waals surface area contributed by atoms with Crippen molar-refractivity contribution in [2.45, 2.75) is 24.9 Å². The highest BCUT2D eigenvalue weighted by atomic mass is 32.2. The number of carboxylic acids is 1. The van der Waals surface area contributed by atoms with E-state index in [4.69, 9.17) is 5.11 Å². The molecule has 1 aromatic heterocycles. The molecule has 1 aromatic rings. The van der Waals surface area contributed by atoms with Gasteiger partial charge in [0.2, 0.25) is 5.91 Å². The molecule has 0 fully saturated rings. The number of nitrogens with zero attached hydrogens (tertiary/aromatic N) is 2. The monoisotopic (exact) mass is 257 g/mol. The average molecular weight is 257 g/mol. The van der Waals surface area contributed by atoms with Gasteiger partial charge >= 0.3 is 5.97 Å². The minimum Gasteiger partial charge on any atom is -0.480 e. The summed E-state index contributed by atoms with van der Waals surface area (Å²) in [4.78, 5) is 21.7. The zero-order chi connectivity index (χ0) is 13.0. The van der Waals surface area contributed by atoms with Gasteiger partial charge in [-0.3, -0.25) is 9.48 Å². The van der Waals surface area contributed by atoms with E-state index in [9.17, 15) is 9.59 Å². The Morgan fingerprint density at radius 3 is 2.71 bits per heavy atom. The van der Waals surface area contributed by atoms with Crippen LogP contribution < -0.4 is 5.32 Å². The number of hydrogen-bond acceptors (Lipinski definition) is 4. The molecule has 1 heterocycles. The lowest BCUT2D eigenvalue weighted by Gasteiger charge is -2.12. The van der Waals surface area contributed by atoms with Gasteiger partial charge in [-0.2, -0.15) is 5.10 Å². The van der Waals surface area contributed by atoms with Crippen molar-refractivity contribution in [3.05, 3.63) is 11.8 Å². The molecule has 0 saturated carbocycles. The number of aromatic nitrogens is 2. The van der Waals surface area contributed by atoms with E-state index in [1.807, 2.05) is 13.0 Å². The fourth-order valence-electron chi connectivity index (χ4n) is 1.31. The Balaban J connectivity index is 2.60. The summed E-state index contributed by atoms with van der Waals surface area (Å²) in [7, 11) is 1.80. The Kier molecular flexibility index (Phi) is 4.56. The van der Waals surface area contributed by atoms with Gasteiger partial charge in [-0.25, -0.2) is 4.79 Å². The third kappa shape index (κ3) is 4.10. The lowest BCUT2D eigenvalue weighted by Crippen LogP contribution is -2.41. The molecule has 6 nitrogen and oxygen atoms in total. The third-order valence-corrected chi connectivity index (χ3v) is 3.21. The van der Waals surface area contributed by atoms with Gasteiger partial charge in [-0.15, -0.1) is 11.8 Å². The van der Waals surface area contributed by atoms with E-state index in [0.717, 1.165) is 10.7 Å². The minimum atomic E-state index is -1.04. The summed E-state index contributed by atoms with van der Waals surface area (Å²) in [6.07, 6.45) is 0. The topological polar surface area (TPSA) is 84.2 Å². The molecule has 0 aliphatic heterocycles. The summed E-state index contributed by atoms with van der Waals surface area (Å²) in [5.74, 6) is -1.11. The average Bonchev–Trinajstić information content (AvgIpc) is 2.51. The molecule has 0 aliphatic rings. The maximum atomic E-state index is 10.9. The molecule has 1 amide bonds. The van der Waals surface area contributed by atoms with Crippen molar-refractivity contribution in [2.24, 2.45) is 7.05 Å². The van der Waals surface area contributed by atoms with Crippen LogP contribution in [0, 0.1) is 6.92 Å². The maximum absolute atomic E-state index is 10.9. The first kappa shape index (κ1) is 13.6. The second-order valence-corrected chi connectivity index (χ2v) is 4.69. The van der Waals surface area contributed by atoms with Gasteiger partial charge in [-0.1, -0.05) is 0 Å². The summed E-state index contributed by atoms with van der Waals surface area (Å²) in [5, 5.41) is 16.3. The van der Waals surface area contributed by atoms with Gasteiger partial charge < -0.3 is 10.4 Å². The number of aryl methyl sites for hydroxylation is 2. The Hall–Kier alpha value is -1.50. The number of amides is 1. The highest BCUT2D eigenvalue weighted by molar-refractivity contribution is 7.99. The fourth-order valence-corrected chi connectivity index (χ4v) is 2.36. The summed E-state index contributed by atoms with van der Waals surface area (Å²) >= 11 is 1.35. The summed E-state index contributed by atoms with van der Waals surface area (Å²) in [5.41, 5.74) is 0.876. The van der Waals surface area contributed by atoms with Crippen LogP contribution in [0.4, 0.5) is 0 Å². The van der Waals surface area contributed by atoms with Crippen molar-refractivity contribution in [3.63, 3.8) is 0 Å². The van der Waals surface area contributed by atoms with Crippen LogP contribution in [0.2, 0.25) is 0 Å². The molecule has 1 atom stereocenters. The molecule has 0 saturated heterocycles. The number of rotatable bonds is 5. The van der Waals surface area contributed by atoms with E-state index >= 15 is 0 Å². The van der Waals surface area contributed by atoms with Crippen molar-refractivity contribution in [1.82, 2.24) is 15.1 Å². The maximum Gasteiger partial charge on any atom is 0.327 e. The zero-order valence-electron chi connectivity index (χ0n) is 9.93. The molecule has 0 aromatic carbocycles. The number of thioether (sulfide) groups is 1. The molecule has 0 bridgehead atoms. The number of carboxylic acid groups (broad SMARTS) is 1. The predicted octanol–water partition coefficient (Wildman–Crippen LogP) is 0.410. The predicted molar refractivity (Wildman–Crippen MR) is 63.9 cm³/mol. The smallest absolute Gasteiger partial charge is 0.327 e. The van der Waals surface area contributed by atoms with Gasteiger partial charge in [0, 0.05) is 19.7 Å². The number of carbonyl (C=O) groups excluding carboxylic acids is 1. The lowest BCUT2D eigenvalue weighted by atomic mass is 10.3. The van der Waals surface area contributed by atoms with Crippen LogP contribution in [0.25, 0.3) is 0 Å². The first-order valence-electron chi connectivity index (χ1n) is 5.03. The number of carbonyl (C=O) groups is 2. The van der Waals surface area contributed by atoms with Crippen LogP contribution in [0.3, 0.4) is 0 Å². The van der Waals surface area contributed by atoms with Gasteiger partial charge in [0.1, 0.15) is 6.04 Å². The van der Waals surface area contributed by atoms with E-state index in [2.05, 4.69) is 10.4 Å². The quantitative estimate of drug-likeness (QED) is 0.746. The van der Waals surface area contributed by atoms with Crippen LogP contribution in [0.1, 0.15) is 12.6 Å². The van der Waals surface area contributed by atoms with Crippen molar-refractivity contribution in [2.75, 3.05) is 5.75 Å². The zero-order valence-corrected chi connectivity index (χ0v) is 10.7. The highest BCUT2D eigenvalue weighted by Gasteiger charge is 2.19. The molecule has 2 N–H and O–H groups in total. The second kappa shape index (κ2) is 5.72. The van der Waals surface area contributed by atoms with Crippen LogP contribution >= 0.6 is 11.8 Å². The molecule has 0 spiro atoms. The number of hydrogen-bond donors (Lipinski definition) is 2. The Bertz CT molecular complexity index is 430. The molecule has 7 heteroatoms. The molecule has 17 heavy (non-hydrogen) atoms. The summed E-state index contributed by atoms with van der Waals surface area (Å²) < 4.78 is 1.69. The van der Waals surface area contributed by atoms with Crippen molar-refractivity contribution < 1.29 is 14.7 Å². The molecular formula is C10H15N3O3S. The second-order valence-electron chi connectivity index (χ2n) is 3.65. The third-order valence-electron chi connectivity index (χ3n) is 2.03. The fraction of sp³-hybridized carbons (Fsp3) is 0.500. The Labute approximate surface area is 103 Å². The molecule has 1 unspecified atom stereocenters. The van der Waals surface area contributed by atoms with E-state index in [-0.39, 0.29) is 11.7 Å². The van der Waals surface area contributed by atoms with E-state index in [0.29, 0.717) is 0 Å². The van der Waals surface area contributed by atoms with Gasteiger partial charge in [0.15, 0.2) is 0 Å². The van der Waals surface area contributed by atoms with Gasteiger partial charge in [0.05, 0.1) is 10.7 Å². The van der Waals surface area contributed by atoms with Gasteiger partial charge in [-0.05, 0) is 13.0 Å². The summed E-state index contributed by atoms with van der Waals surface area (Å²) in [6.45, 7) is 3.17. The molecule has 1 rings (SSSR count). The van der Waals surface area contributed by atoms with Crippen molar-refractivity contribution in [3.8, 4) is 0 Å². The largest absolute Gasteiger partial charge is 0.480 e. The lowest BCUT2D eigenvalue weighted by molar-refractivity contribution is -0.140. The molecular weight excluding hydrogens is 242 g/mol. The van der Waals surface area contributed by atoms with Crippen molar-refractivity contribution >= 4 is 23.6 Å². The standard InChI is InChI=1S/C10H15N3O3S/c1-6-4-9(13(3)12-6)17-5-8(10(15)16)11-7(2)14/h4,8H,5H2,1-3H3,(H,11,14)(H,15,16). The SMILES string of the molecule is CC(=O)NC(CSc1cc(C)nn1C)C(=O)O. The minimum absolute atomic E-state index is 0.272. The first-order valence-corrected chi connectivity index (χ1v) is 6.02. The summed E-state index contributed by atoms with van der Waals surface area (Å²) in [6, 6.07) is 0.991. The first-order chi connectivity index (χ1) is 7.90. The van der Waals surface area contributed by atoms with Crippen molar-refractivity contribution in [1.29, 1.82) is 0 Å². The Morgan fingerprint density at radius 1 is 1.65 bits per heavy atom. The molecule has 0 aliphatic carbocycles. The van der Waals surface area contributed by atoms with Crippen LogP contribution in [0.5, 0.6) is 0 Å². The van der Waals surface area contributed by atoms with Gasteiger partial charge in [0.25, 0.3) is 0 Å². The van der Waals surface area contributed by atoms with E-state index in [1.165, 1.54) is 18.7 Å². The van der Waals surface area contributed by atoms with E-state index in [1.54, 1.807) is 11.7 Å².